The van der Waals surface area contributed by atoms with E-state index in [9.17, 15) is 73.8 Å². The normalized spacial score (nSPS) is 19.2. The van der Waals surface area contributed by atoms with Crippen molar-refractivity contribution in [2.24, 2.45) is 10.8 Å². The summed E-state index contributed by atoms with van der Waals surface area (Å²) in [4.78, 5) is 0. The van der Waals surface area contributed by atoms with E-state index in [1.54, 1.807) is 9.47 Å². The maximum absolute atomic E-state index is 15.5. The van der Waals surface area contributed by atoms with Gasteiger partial charge in [-0.3, -0.25) is 4.74 Å². The Hall–Kier alpha value is -1.29. The number of hydrogen-bond acceptors (Lipinski definition) is 5. The Morgan fingerprint density at radius 2 is 0.816 bits per heavy atom. The van der Waals surface area contributed by atoms with Crippen LogP contribution < -0.4 is 0 Å². The Bertz CT molecular complexity index is 966. The van der Waals surface area contributed by atoms with Crippen molar-refractivity contribution in [2.75, 3.05) is 0 Å². The molecule has 0 N–H and O–H groups in total. The van der Waals surface area contributed by atoms with Crippen LogP contribution in [0.2, 0.25) is 0 Å². The van der Waals surface area contributed by atoms with Crippen LogP contribution in [0.3, 0.4) is 0 Å². The molecule has 38 heavy (non-hydrogen) atoms. The Balaban J connectivity index is 7.30. The standard InChI is InChI=1S/C16H18F16O5S/c1-7(2,3)9(17,18)10(19,8(4,5)6)35-12(21,22)11(20,36-16(29,30)31)13(23,24)37-14(25,26)15(27,28)38(32,33)34/h1-6H3. The molecule has 0 spiro atoms. The van der Waals surface area contributed by atoms with Crippen molar-refractivity contribution in [1.29, 1.82) is 0 Å². The summed E-state index contributed by atoms with van der Waals surface area (Å²) in [7, 11) is -8.04. The zero-order valence-electron chi connectivity index (χ0n) is 19.5. The lowest BCUT2D eigenvalue weighted by Crippen LogP contribution is -2.70. The molecule has 5 nitrogen and oxygen atoms in total. The molecule has 0 rings (SSSR count). The van der Waals surface area contributed by atoms with Gasteiger partial charge in [0.15, 0.2) is 0 Å². The first-order valence-corrected chi connectivity index (χ1v) is 10.6. The number of rotatable bonds is 10. The van der Waals surface area contributed by atoms with Gasteiger partial charge in [0.2, 0.25) is 0 Å². The summed E-state index contributed by atoms with van der Waals surface area (Å²) in [5, 5.41) is -7.51. The molecule has 0 heterocycles. The zero-order chi connectivity index (χ0) is 31.6. The maximum atomic E-state index is 15.5. The molecule has 0 saturated heterocycles. The van der Waals surface area contributed by atoms with Gasteiger partial charge in [-0.15, -0.1) is 13.2 Å². The van der Waals surface area contributed by atoms with E-state index in [2.05, 4.69) is 4.74 Å². The Labute approximate surface area is 203 Å². The molecule has 0 saturated carbocycles. The van der Waals surface area contributed by atoms with Gasteiger partial charge >= 0.3 is 51.9 Å². The van der Waals surface area contributed by atoms with Crippen molar-refractivity contribution in [3.63, 3.8) is 0 Å². The number of alkyl halides is 15. The molecule has 0 aliphatic carbocycles. The summed E-state index contributed by atoms with van der Waals surface area (Å²) in [5.74, 6) is -18.7. The molecule has 0 fully saturated rings. The Morgan fingerprint density at radius 3 is 1.08 bits per heavy atom. The molecule has 0 bridgehead atoms. The van der Waals surface area contributed by atoms with Gasteiger partial charge in [-0.05, 0) is 0 Å². The third-order valence-electron chi connectivity index (χ3n) is 4.49. The third-order valence-corrected chi connectivity index (χ3v) is 5.34. The number of halogens is 16. The van der Waals surface area contributed by atoms with Gasteiger partial charge in [-0.25, -0.2) is 13.9 Å². The molecular formula is C16H18F16O5S. The molecule has 0 aromatic heterocycles. The van der Waals surface area contributed by atoms with Gasteiger partial charge in [0.05, 0.1) is 0 Å². The molecule has 0 aromatic carbocycles. The predicted molar refractivity (Wildman–Crippen MR) is 90.7 cm³/mol. The molecule has 2 unspecified atom stereocenters. The highest BCUT2D eigenvalue weighted by molar-refractivity contribution is 7.87. The van der Waals surface area contributed by atoms with Gasteiger partial charge in [0.1, 0.15) is 0 Å². The second-order valence-corrected chi connectivity index (χ2v) is 10.9. The van der Waals surface area contributed by atoms with E-state index in [4.69, 9.17) is 0 Å². The van der Waals surface area contributed by atoms with Crippen LogP contribution in [-0.2, 0) is 24.4 Å². The quantitative estimate of drug-likeness (QED) is 0.188. The fourth-order valence-electron chi connectivity index (χ4n) is 2.29. The maximum Gasteiger partial charge on any atom is 0.525 e. The first-order chi connectivity index (χ1) is 15.9. The molecule has 2 atom stereocenters. The van der Waals surface area contributed by atoms with Crippen LogP contribution in [0.5, 0.6) is 0 Å². The topological polar surface area (TPSA) is 61.8 Å². The van der Waals surface area contributed by atoms with Gasteiger partial charge < -0.3 is 0 Å². The van der Waals surface area contributed by atoms with E-state index < -0.39 is 68.6 Å². The number of ether oxygens (including phenoxy) is 3. The summed E-state index contributed by atoms with van der Waals surface area (Å²) in [6, 6.07) is 0. The summed E-state index contributed by atoms with van der Waals surface area (Å²) in [6.07, 6.45) is -30.3. The lowest BCUT2D eigenvalue weighted by molar-refractivity contribution is -0.576. The van der Waals surface area contributed by atoms with Crippen molar-refractivity contribution in [3.05, 3.63) is 0 Å². The van der Waals surface area contributed by atoms with E-state index in [0.29, 0.717) is 20.8 Å². The highest BCUT2D eigenvalue weighted by Crippen LogP contribution is 2.60. The average Bonchev–Trinajstić information content (AvgIpc) is 2.55. The van der Waals surface area contributed by atoms with Crippen molar-refractivity contribution in [2.45, 2.75) is 89.1 Å². The second kappa shape index (κ2) is 9.38. The largest absolute Gasteiger partial charge is 0.525 e. The van der Waals surface area contributed by atoms with Gasteiger partial charge in [0, 0.05) is 10.8 Å². The van der Waals surface area contributed by atoms with Crippen LogP contribution in [0.25, 0.3) is 0 Å². The number of hydrogen-bond donors (Lipinski definition) is 0. The fraction of sp³-hybridized carbons (Fsp3) is 1.00. The van der Waals surface area contributed by atoms with E-state index in [-0.39, 0.29) is 20.8 Å². The Morgan fingerprint density at radius 1 is 0.474 bits per heavy atom. The summed E-state index contributed by atoms with van der Waals surface area (Å²) in [5.41, 5.74) is -6.01. The highest BCUT2D eigenvalue weighted by Gasteiger charge is 2.85. The van der Waals surface area contributed by atoms with Gasteiger partial charge in [-0.1, -0.05) is 45.4 Å². The van der Waals surface area contributed by atoms with Crippen molar-refractivity contribution < 1.29 is 92.4 Å². The monoisotopic (exact) mass is 626 g/mol. The molecule has 0 aliphatic heterocycles. The minimum Gasteiger partial charge on any atom is -0.271 e. The molecule has 0 amide bonds. The third kappa shape index (κ3) is 6.21. The zero-order valence-corrected chi connectivity index (χ0v) is 20.3. The van der Waals surface area contributed by atoms with Crippen LogP contribution in [0.4, 0.5) is 69.7 Å². The van der Waals surface area contributed by atoms with Crippen LogP contribution in [0.1, 0.15) is 41.5 Å². The lowest BCUT2D eigenvalue weighted by Gasteiger charge is -2.50. The molecular weight excluding hydrogens is 608 g/mol. The first kappa shape index (κ1) is 36.7. The molecule has 0 aromatic rings. The minimum absolute atomic E-state index is 0.253. The molecule has 22 heteroatoms. The smallest absolute Gasteiger partial charge is 0.271 e. The first-order valence-electron chi connectivity index (χ1n) is 9.25. The minimum atomic E-state index is -8.04. The van der Waals surface area contributed by atoms with Crippen LogP contribution >= 0.6 is 0 Å². The highest BCUT2D eigenvalue weighted by atomic mass is 32.3. The van der Waals surface area contributed by atoms with Crippen LogP contribution in [-0.4, -0.2) is 56.0 Å². The molecule has 0 aliphatic rings. The lowest BCUT2D eigenvalue weighted by atomic mass is 9.73. The average molecular weight is 626 g/mol. The van der Waals surface area contributed by atoms with E-state index in [1.807, 2.05) is 0 Å². The van der Waals surface area contributed by atoms with Gasteiger partial charge in [0.25, 0.3) is 5.85 Å². The predicted octanol–water partition coefficient (Wildman–Crippen LogP) is 7.29. The van der Waals surface area contributed by atoms with E-state index in [0.717, 1.165) is 0 Å². The fourth-order valence-corrected chi connectivity index (χ4v) is 2.61. The molecule has 0 radical (unpaired) electrons. The van der Waals surface area contributed by atoms with Gasteiger partial charge in [-0.2, -0.15) is 56.7 Å². The van der Waals surface area contributed by atoms with Crippen molar-refractivity contribution >= 4 is 10.2 Å². The van der Waals surface area contributed by atoms with E-state index >= 15 is 4.39 Å². The van der Waals surface area contributed by atoms with Crippen LogP contribution in [0, 0.1) is 10.8 Å². The second-order valence-electron chi connectivity index (χ2n) is 9.52. The van der Waals surface area contributed by atoms with Crippen molar-refractivity contribution in [3.8, 4) is 0 Å². The van der Waals surface area contributed by atoms with Crippen LogP contribution in [0.15, 0.2) is 0 Å². The van der Waals surface area contributed by atoms with E-state index in [1.165, 1.54) is 0 Å². The summed E-state index contributed by atoms with van der Waals surface area (Å²) in [6.45, 7) is 1.93. The summed E-state index contributed by atoms with van der Waals surface area (Å²) < 4.78 is 247. The van der Waals surface area contributed by atoms with Crippen molar-refractivity contribution in [1.82, 2.24) is 0 Å². The SMILES string of the molecule is CC(C)(C)C(F)(F)C(F)(OC(F)(F)C(F)(OC(F)(F)F)C(F)(F)OC(F)(F)C(F)(F)S(=O)(=O)F)C(C)(C)C. The summed E-state index contributed by atoms with van der Waals surface area (Å²) >= 11 is 0. The Kier molecular flexibility index (Phi) is 9.07. The molecule has 230 valence electrons.